The van der Waals surface area contributed by atoms with Crippen LogP contribution in [0, 0.1) is 5.92 Å². The SMILES string of the molecule is C=C(C)CN(CC)C(=O)COC(=O)CC1CCS(=O)(=O)C1. The molecule has 1 aliphatic heterocycles. The fourth-order valence-electron chi connectivity index (χ4n) is 2.26. The Labute approximate surface area is 126 Å². The number of nitrogens with zero attached hydrogens (tertiary/aromatic N) is 1. The van der Waals surface area contributed by atoms with Crippen molar-refractivity contribution in [2.75, 3.05) is 31.2 Å². The van der Waals surface area contributed by atoms with Crippen molar-refractivity contribution in [1.29, 1.82) is 0 Å². The molecule has 0 aromatic heterocycles. The van der Waals surface area contributed by atoms with E-state index in [0.717, 1.165) is 5.57 Å². The Morgan fingerprint density at radius 2 is 2.05 bits per heavy atom. The minimum atomic E-state index is -3.00. The van der Waals surface area contributed by atoms with Gasteiger partial charge in [-0.15, -0.1) is 0 Å². The largest absolute Gasteiger partial charge is 0.456 e. The highest BCUT2D eigenvalue weighted by molar-refractivity contribution is 7.91. The zero-order valence-electron chi connectivity index (χ0n) is 12.6. The fourth-order valence-corrected chi connectivity index (χ4v) is 4.13. The van der Waals surface area contributed by atoms with Gasteiger partial charge in [0, 0.05) is 19.5 Å². The van der Waals surface area contributed by atoms with Crippen LogP contribution in [0.1, 0.15) is 26.7 Å². The highest BCUT2D eigenvalue weighted by atomic mass is 32.2. The first-order valence-corrected chi connectivity index (χ1v) is 8.84. The molecule has 0 aromatic carbocycles. The van der Waals surface area contributed by atoms with Gasteiger partial charge in [-0.1, -0.05) is 12.2 Å². The van der Waals surface area contributed by atoms with Crippen LogP contribution < -0.4 is 0 Å². The lowest BCUT2D eigenvalue weighted by Gasteiger charge is -2.20. The molecule has 120 valence electrons. The highest BCUT2D eigenvalue weighted by Crippen LogP contribution is 2.21. The van der Waals surface area contributed by atoms with Crippen molar-refractivity contribution in [3.05, 3.63) is 12.2 Å². The van der Waals surface area contributed by atoms with Gasteiger partial charge in [0.1, 0.15) is 0 Å². The summed E-state index contributed by atoms with van der Waals surface area (Å²) in [7, 11) is -3.00. The maximum absolute atomic E-state index is 11.9. The second-order valence-corrected chi connectivity index (χ2v) is 7.73. The van der Waals surface area contributed by atoms with Gasteiger partial charge < -0.3 is 9.64 Å². The number of likely N-dealkylation sites (N-methyl/N-ethyl adjacent to an activating group) is 1. The van der Waals surface area contributed by atoms with Gasteiger partial charge in [-0.3, -0.25) is 9.59 Å². The summed E-state index contributed by atoms with van der Waals surface area (Å²) in [5, 5.41) is 0. The first-order valence-electron chi connectivity index (χ1n) is 7.01. The Balaban J connectivity index is 2.35. The predicted molar refractivity (Wildman–Crippen MR) is 79.4 cm³/mol. The second-order valence-electron chi connectivity index (χ2n) is 5.50. The summed E-state index contributed by atoms with van der Waals surface area (Å²) in [6.45, 7) is 8.06. The molecule has 1 aliphatic rings. The lowest BCUT2D eigenvalue weighted by atomic mass is 10.1. The summed E-state index contributed by atoms with van der Waals surface area (Å²) in [4.78, 5) is 25.1. The Morgan fingerprint density at radius 1 is 1.38 bits per heavy atom. The highest BCUT2D eigenvalue weighted by Gasteiger charge is 2.30. The van der Waals surface area contributed by atoms with Gasteiger partial charge >= 0.3 is 5.97 Å². The number of amides is 1. The van der Waals surface area contributed by atoms with Crippen molar-refractivity contribution in [3.63, 3.8) is 0 Å². The first-order chi connectivity index (χ1) is 9.73. The van der Waals surface area contributed by atoms with E-state index in [-0.39, 0.29) is 36.4 Å². The number of carbonyl (C=O) groups is 2. The smallest absolute Gasteiger partial charge is 0.306 e. The zero-order chi connectivity index (χ0) is 16.0. The molecule has 1 atom stereocenters. The zero-order valence-corrected chi connectivity index (χ0v) is 13.4. The van der Waals surface area contributed by atoms with E-state index in [1.807, 2.05) is 13.8 Å². The maximum Gasteiger partial charge on any atom is 0.306 e. The summed E-state index contributed by atoms with van der Waals surface area (Å²) in [5.74, 6) is -0.807. The van der Waals surface area contributed by atoms with Gasteiger partial charge in [0.25, 0.3) is 5.91 Å². The molecule has 0 N–H and O–H groups in total. The molecule has 0 bridgehead atoms. The summed E-state index contributed by atoms with van der Waals surface area (Å²) in [5.41, 5.74) is 0.854. The van der Waals surface area contributed by atoms with Gasteiger partial charge in [0.15, 0.2) is 16.4 Å². The Hall–Kier alpha value is -1.37. The third-order valence-corrected chi connectivity index (χ3v) is 5.17. The van der Waals surface area contributed by atoms with E-state index in [2.05, 4.69) is 6.58 Å². The molecule has 0 aromatic rings. The topological polar surface area (TPSA) is 80.8 Å². The van der Waals surface area contributed by atoms with E-state index in [1.165, 1.54) is 0 Å². The maximum atomic E-state index is 11.9. The number of hydrogen-bond donors (Lipinski definition) is 0. The van der Waals surface area contributed by atoms with Crippen molar-refractivity contribution in [1.82, 2.24) is 4.90 Å². The van der Waals surface area contributed by atoms with Gasteiger partial charge in [0.2, 0.25) is 0 Å². The molecule has 1 amide bonds. The van der Waals surface area contributed by atoms with Crippen LogP contribution in [0.2, 0.25) is 0 Å². The van der Waals surface area contributed by atoms with Crippen molar-refractivity contribution in [2.45, 2.75) is 26.7 Å². The summed E-state index contributed by atoms with van der Waals surface area (Å²) >= 11 is 0. The van der Waals surface area contributed by atoms with E-state index in [1.54, 1.807) is 4.90 Å². The van der Waals surface area contributed by atoms with Crippen LogP contribution in [0.15, 0.2) is 12.2 Å². The van der Waals surface area contributed by atoms with Crippen LogP contribution >= 0.6 is 0 Å². The van der Waals surface area contributed by atoms with Gasteiger partial charge in [-0.25, -0.2) is 8.42 Å². The standard InChI is InChI=1S/C14H23NO5S/c1-4-15(8-11(2)3)13(16)9-20-14(17)7-12-5-6-21(18,19)10-12/h12H,2,4-10H2,1,3H3. The molecule has 1 unspecified atom stereocenters. The fraction of sp³-hybridized carbons (Fsp3) is 0.714. The third kappa shape index (κ3) is 6.29. The van der Waals surface area contributed by atoms with Gasteiger partial charge in [-0.05, 0) is 26.2 Å². The lowest BCUT2D eigenvalue weighted by Crippen LogP contribution is -2.35. The minimum absolute atomic E-state index is 0.0345. The van der Waals surface area contributed by atoms with E-state index in [0.29, 0.717) is 19.5 Å². The van der Waals surface area contributed by atoms with Gasteiger partial charge in [-0.2, -0.15) is 0 Å². The van der Waals surface area contributed by atoms with Crippen LogP contribution in [0.3, 0.4) is 0 Å². The monoisotopic (exact) mass is 317 g/mol. The first kappa shape index (κ1) is 17.7. The summed E-state index contributed by atoms with van der Waals surface area (Å²) in [6, 6.07) is 0. The molecular weight excluding hydrogens is 294 g/mol. The number of hydrogen-bond acceptors (Lipinski definition) is 5. The van der Waals surface area contributed by atoms with Crippen molar-refractivity contribution in [2.24, 2.45) is 5.92 Å². The lowest BCUT2D eigenvalue weighted by molar-refractivity contribution is -0.152. The van der Waals surface area contributed by atoms with Crippen LogP contribution in [0.4, 0.5) is 0 Å². The second kappa shape index (κ2) is 7.59. The summed E-state index contributed by atoms with van der Waals surface area (Å²) < 4.78 is 27.5. The van der Waals surface area contributed by atoms with Crippen molar-refractivity contribution < 1.29 is 22.7 Å². The average molecular weight is 317 g/mol. The number of esters is 1. The molecule has 1 fully saturated rings. The van der Waals surface area contributed by atoms with Crippen molar-refractivity contribution in [3.8, 4) is 0 Å². The quantitative estimate of drug-likeness (QED) is 0.512. The molecule has 0 spiro atoms. The molecular formula is C14H23NO5S. The number of rotatable bonds is 7. The number of ether oxygens (including phenoxy) is 1. The third-order valence-electron chi connectivity index (χ3n) is 3.33. The minimum Gasteiger partial charge on any atom is -0.456 e. The molecule has 0 aliphatic carbocycles. The normalized spacial score (nSPS) is 20.0. The molecule has 0 saturated carbocycles. The van der Waals surface area contributed by atoms with E-state index in [4.69, 9.17) is 4.74 Å². The van der Waals surface area contributed by atoms with Crippen LogP contribution in [0.25, 0.3) is 0 Å². The Bertz CT molecular complexity index is 511. The van der Waals surface area contributed by atoms with E-state index >= 15 is 0 Å². The molecule has 7 heteroatoms. The number of sulfone groups is 1. The summed E-state index contributed by atoms with van der Waals surface area (Å²) in [6.07, 6.45) is 0.543. The molecule has 21 heavy (non-hydrogen) atoms. The van der Waals surface area contributed by atoms with Crippen LogP contribution in [-0.4, -0.2) is 56.4 Å². The Kier molecular flexibility index (Phi) is 6.39. The van der Waals surface area contributed by atoms with Gasteiger partial charge in [0.05, 0.1) is 11.5 Å². The van der Waals surface area contributed by atoms with E-state index < -0.39 is 15.8 Å². The molecule has 0 radical (unpaired) electrons. The Morgan fingerprint density at radius 3 is 2.52 bits per heavy atom. The van der Waals surface area contributed by atoms with Crippen LogP contribution in [-0.2, 0) is 24.2 Å². The average Bonchev–Trinajstić information content (AvgIpc) is 2.72. The molecule has 1 saturated heterocycles. The van der Waals surface area contributed by atoms with E-state index in [9.17, 15) is 18.0 Å². The van der Waals surface area contributed by atoms with Crippen LogP contribution in [0.5, 0.6) is 0 Å². The molecule has 6 nitrogen and oxygen atoms in total. The molecule has 1 heterocycles. The molecule has 1 rings (SSSR count). The predicted octanol–water partition coefficient (Wildman–Crippen LogP) is 0.779. The number of carbonyl (C=O) groups excluding carboxylic acids is 2. The van der Waals surface area contributed by atoms with Crippen molar-refractivity contribution >= 4 is 21.7 Å².